The summed E-state index contributed by atoms with van der Waals surface area (Å²) in [5, 5.41) is 16.5. The quantitative estimate of drug-likeness (QED) is 0.517. The molecule has 0 saturated carbocycles. The van der Waals surface area contributed by atoms with Crippen LogP contribution in [-0.2, 0) is 4.79 Å². The number of benzene rings is 1. The van der Waals surface area contributed by atoms with E-state index in [0.29, 0.717) is 16.0 Å². The fourth-order valence-corrected chi connectivity index (χ4v) is 3.24. The van der Waals surface area contributed by atoms with Crippen molar-refractivity contribution in [2.24, 2.45) is 0 Å². The van der Waals surface area contributed by atoms with E-state index in [9.17, 15) is 9.59 Å². The summed E-state index contributed by atoms with van der Waals surface area (Å²) in [5.74, 6) is -0.314. The molecule has 0 aliphatic carbocycles. The minimum Gasteiger partial charge on any atom is -0.334 e. The molecule has 3 amide bonds. The number of aryl methyl sites for hydroxylation is 1. The Hall–Kier alpha value is -2.39. The van der Waals surface area contributed by atoms with E-state index < -0.39 is 11.9 Å². The van der Waals surface area contributed by atoms with Gasteiger partial charge >= 0.3 is 6.03 Å². The van der Waals surface area contributed by atoms with Crippen molar-refractivity contribution in [3.8, 4) is 0 Å². The molecule has 7 nitrogen and oxygen atoms in total. The molecule has 0 aliphatic heterocycles. The molecule has 1 heterocycles. The molecule has 9 heteroatoms. The molecular weight excluding hydrogens is 346 g/mol. The molecule has 0 saturated heterocycles. The maximum Gasteiger partial charge on any atom is 0.321 e. The first-order valence-electron chi connectivity index (χ1n) is 7.05. The van der Waals surface area contributed by atoms with Crippen LogP contribution in [0.1, 0.15) is 5.56 Å². The number of amides is 3. The van der Waals surface area contributed by atoms with Crippen molar-refractivity contribution in [2.75, 3.05) is 17.6 Å². The van der Waals surface area contributed by atoms with Gasteiger partial charge in [-0.05, 0) is 24.6 Å². The Labute approximate surface area is 147 Å². The molecule has 0 radical (unpaired) electrons. The molecule has 1 aromatic carbocycles. The van der Waals surface area contributed by atoms with E-state index in [1.165, 1.54) is 29.2 Å². The average Bonchev–Trinajstić information content (AvgIpc) is 2.98. The van der Waals surface area contributed by atoms with E-state index in [1.807, 2.05) is 31.2 Å². The van der Waals surface area contributed by atoms with Gasteiger partial charge < -0.3 is 10.6 Å². The predicted molar refractivity (Wildman–Crippen MR) is 96.8 cm³/mol. The third-order valence-electron chi connectivity index (χ3n) is 2.66. The second kappa shape index (κ2) is 9.04. The van der Waals surface area contributed by atoms with Gasteiger partial charge in [0.05, 0.1) is 5.75 Å². The summed E-state index contributed by atoms with van der Waals surface area (Å²) in [6, 6.07) is 7.37. The maximum absolute atomic E-state index is 11.6. The van der Waals surface area contributed by atoms with Gasteiger partial charge in [-0.15, -0.1) is 16.8 Å². The van der Waals surface area contributed by atoms with Gasteiger partial charge in [-0.1, -0.05) is 41.3 Å². The van der Waals surface area contributed by atoms with Crippen molar-refractivity contribution in [2.45, 2.75) is 11.3 Å². The lowest BCUT2D eigenvalue weighted by atomic mass is 10.2. The van der Waals surface area contributed by atoms with Gasteiger partial charge in [-0.25, -0.2) is 4.79 Å². The highest BCUT2D eigenvalue weighted by Gasteiger charge is 2.10. The summed E-state index contributed by atoms with van der Waals surface area (Å²) in [6.45, 7) is 5.79. The van der Waals surface area contributed by atoms with Crippen molar-refractivity contribution in [3.63, 3.8) is 0 Å². The summed E-state index contributed by atoms with van der Waals surface area (Å²) in [5.41, 5.74) is 2.07. The van der Waals surface area contributed by atoms with Gasteiger partial charge in [0.2, 0.25) is 11.0 Å². The SMILES string of the molecule is C=CCNC(=O)NC(=O)CSc1nnc(Nc2cccc(C)c2)s1. The van der Waals surface area contributed by atoms with Crippen LogP contribution < -0.4 is 16.0 Å². The van der Waals surface area contributed by atoms with Crippen molar-refractivity contribution in [1.82, 2.24) is 20.8 Å². The van der Waals surface area contributed by atoms with Crippen LogP contribution in [0.2, 0.25) is 0 Å². The molecule has 3 N–H and O–H groups in total. The van der Waals surface area contributed by atoms with Gasteiger partial charge in [0, 0.05) is 12.2 Å². The Morgan fingerprint density at radius 2 is 2.21 bits per heavy atom. The van der Waals surface area contributed by atoms with Crippen LogP contribution in [0.15, 0.2) is 41.3 Å². The maximum atomic E-state index is 11.6. The molecule has 0 atom stereocenters. The van der Waals surface area contributed by atoms with Gasteiger partial charge in [0.1, 0.15) is 0 Å². The monoisotopic (exact) mass is 363 g/mol. The number of hydrogen-bond donors (Lipinski definition) is 3. The highest BCUT2D eigenvalue weighted by Crippen LogP contribution is 2.27. The average molecular weight is 363 g/mol. The molecule has 0 aliphatic rings. The summed E-state index contributed by atoms with van der Waals surface area (Å²) < 4.78 is 0.645. The van der Waals surface area contributed by atoms with Crippen LogP contribution >= 0.6 is 23.1 Å². The lowest BCUT2D eigenvalue weighted by molar-refractivity contribution is -0.117. The third kappa shape index (κ3) is 6.01. The number of nitrogens with zero attached hydrogens (tertiary/aromatic N) is 2. The number of thioether (sulfide) groups is 1. The molecule has 0 unspecified atom stereocenters. The lowest BCUT2D eigenvalue weighted by Crippen LogP contribution is -2.40. The molecule has 2 aromatic rings. The Bertz CT molecular complexity index is 732. The van der Waals surface area contributed by atoms with E-state index in [0.717, 1.165) is 11.3 Å². The number of carbonyl (C=O) groups is 2. The van der Waals surface area contributed by atoms with Crippen LogP contribution in [-0.4, -0.2) is 34.4 Å². The van der Waals surface area contributed by atoms with Crippen LogP contribution in [0.25, 0.3) is 0 Å². The number of imide groups is 1. The van der Waals surface area contributed by atoms with E-state index in [2.05, 4.69) is 32.7 Å². The summed E-state index contributed by atoms with van der Waals surface area (Å²) in [4.78, 5) is 23.0. The number of aromatic nitrogens is 2. The fraction of sp³-hybridized carbons (Fsp3) is 0.200. The highest BCUT2D eigenvalue weighted by atomic mass is 32.2. The minimum absolute atomic E-state index is 0.0839. The minimum atomic E-state index is -0.542. The van der Waals surface area contributed by atoms with E-state index in [-0.39, 0.29) is 5.75 Å². The first-order chi connectivity index (χ1) is 11.6. The van der Waals surface area contributed by atoms with Crippen molar-refractivity contribution < 1.29 is 9.59 Å². The number of anilines is 2. The first-order valence-corrected chi connectivity index (χ1v) is 8.85. The first kappa shape index (κ1) is 18.0. The summed E-state index contributed by atoms with van der Waals surface area (Å²) >= 11 is 2.57. The van der Waals surface area contributed by atoms with Crippen molar-refractivity contribution in [3.05, 3.63) is 42.5 Å². The van der Waals surface area contributed by atoms with Crippen LogP contribution in [0.3, 0.4) is 0 Å². The fourth-order valence-electron chi connectivity index (χ4n) is 1.66. The number of carbonyl (C=O) groups excluding carboxylic acids is 2. The number of rotatable bonds is 7. The smallest absolute Gasteiger partial charge is 0.321 e. The van der Waals surface area contributed by atoms with E-state index >= 15 is 0 Å². The lowest BCUT2D eigenvalue weighted by Gasteiger charge is -2.03. The second-order valence-electron chi connectivity index (χ2n) is 4.70. The topological polar surface area (TPSA) is 96.0 Å². The zero-order valence-electron chi connectivity index (χ0n) is 13.0. The molecule has 0 fully saturated rings. The molecule has 2 rings (SSSR count). The third-order valence-corrected chi connectivity index (χ3v) is 4.63. The van der Waals surface area contributed by atoms with Gasteiger partial charge in [0.25, 0.3) is 0 Å². The molecule has 0 bridgehead atoms. The van der Waals surface area contributed by atoms with Crippen LogP contribution in [0.5, 0.6) is 0 Å². The van der Waals surface area contributed by atoms with Crippen LogP contribution in [0, 0.1) is 6.92 Å². The van der Waals surface area contributed by atoms with Gasteiger partial charge in [-0.2, -0.15) is 0 Å². The summed E-state index contributed by atoms with van der Waals surface area (Å²) in [6.07, 6.45) is 1.53. The molecule has 126 valence electrons. The van der Waals surface area contributed by atoms with Crippen LogP contribution in [0.4, 0.5) is 15.6 Å². The second-order valence-corrected chi connectivity index (χ2v) is 6.90. The predicted octanol–water partition coefficient (Wildman–Crippen LogP) is 2.69. The highest BCUT2D eigenvalue weighted by molar-refractivity contribution is 8.01. The molecular formula is C15H17N5O2S2. The Kier molecular flexibility index (Phi) is 6.76. The molecule has 24 heavy (non-hydrogen) atoms. The number of nitrogens with one attached hydrogen (secondary N) is 3. The zero-order chi connectivity index (χ0) is 17.4. The van der Waals surface area contributed by atoms with Gasteiger partial charge in [0.15, 0.2) is 4.34 Å². The normalized spacial score (nSPS) is 10.0. The number of urea groups is 1. The van der Waals surface area contributed by atoms with Gasteiger partial charge in [-0.3, -0.25) is 10.1 Å². The Morgan fingerprint density at radius 3 is 2.96 bits per heavy atom. The van der Waals surface area contributed by atoms with E-state index in [1.54, 1.807) is 0 Å². The van der Waals surface area contributed by atoms with Crippen molar-refractivity contribution >= 4 is 45.9 Å². The Balaban J connectivity index is 1.80. The van der Waals surface area contributed by atoms with E-state index in [4.69, 9.17) is 0 Å². The molecule has 1 aromatic heterocycles. The number of hydrogen-bond acceptors (Lipinski definition) is 7. The Morgan fingerprint density at radius 1 is 1.38 bits per heavy atom. The standard InChI is InChI=1S/C15H17N5O2S2/c1-3-7-16-13(22)18-12(21)9-23-15-20-19-14(24-15)17-11-6-4-5-10(2)8-11/h3-6,8H,1,7,9H2,2H3,(H,17,19)(H2,16,18,21,22). The summed E-state index contributed by atoms with van der Waals surface area (Å²) in [7, 11) is 0. The largest absolute Gasteiger partial charge is 0.334 e. The molecule has 0 spiro atoms. The van der Waals surface area contributed by atoms with Crippen molar-refractivity contribution in [1.29, 1.82) is 0 Å². The zero-order valence-corrected chi connectivity index (χ0v) is 14.7.